The molecular weight excluding hydrogens is 530 g/mol. The molecule has 6 rings (SSSR count). The van der Waals surface area contributed by atoms with E-state index in [1.54, 1.807) is 26.2 Å². The molecule has 0 bridgehead atoms. The van der Waals surface area contributed by atoms with Crippen molar-refractivity contribution in [2.45, 2.75) is 61.2 Å². The van der Waals surface area contributed by atoms with Crippen LogP contribution < -0.4 is 0 Å². The molecule has 1 N–H and O–H groups in total. The van der Waals surface area contributed by atoms with Gasteiger partial charge < -0.3 is 19.6 Å². The number of aromatic nitrogens is 3. The maximum atomic E-state index is 14.4. The smallest absolute Gasteiger partial charge is 0.311 e. The first-order valence-corrected chi connectivity index (χ1v) is 15.1. The van der Waals surface area contributed by atoms with Gasteiger partial charge in [-0.15, -0.1) is 16.9 Å². The molecule has 4 aliphatic rings. The fourth-order valence-electron chi connectivity index (χ4n) is 6.58. The number of likely N-dealkylation sites (tertiary alicyclic amines) is 1. The van der Waals surface area contributed by atoms with Crippen LogP contribution in [0.3, 0.4) is 0 Å². The maximum Gasteiger partial charge on any atom is 0.311 e. The average molecular weight is 566 g/mol. The summed E-state index contributed by atoms with van der Waals surface area (Å²) in [4.78, 5) is 45.5. The number of ether oxygens (including phenoxy) is 1. The van der Waals surface area contributed by atoms with Crippen LogP contribution in [-0.2, 0) is 25.8 Å². The fraction of sp³-hybridized carbons (Fsp3) is 0.552. The fourth-order valence-corrected chi connectivity index (χ4v) is 8.59. The van der Waals surface area contributed by atoms with Gasteiger partial charge in [0.05, 0.1) is 28.7 Å². The van der Waals surface area contributed by atoms with Gasteiger partial charge in [0, 0.05) is 24.9 Å². The number of hydrogen-bond acceptors (Lipinski definition) is 8. The summed E-state index contributed by atoms with van der Waals surface area (Å²) in [6, 6.07) is 6.86. The molecule has 212 valence electrons. The lowest BCUT2D eigenvalue weighted by molar-refractivity contribution is -0.153. The van der Waals surface area contributed by atoms with E-state index in [1.807, 2.05) is 42.5 Å². The second-order valence-corrected chi connectivity index (χ2v) is 12.4. The van der Waals surface area contributed by atoms with Crippen molar-refractivity contribution in [3.63, 3.8) is 0 Å². The zero-order valence-electron chi connectivity index (χ0n) is 22.4. The Hall–Kier alpha value is -3.18. The summed E-state index contributed by atoms with van der Waals surface area (Å²) in [5.74, 6) is -2.01. The Bertz CT molecular complexity index is 1340. The van der Waals surface area contributed by atoms with Crippen molar-refractivity contribution in [1.82, 2.24) is 24.8 Å². The number of rotatable bonds is 7. The van der Waals surface area contributed by atoms with Crippen molar-refractivity contribution in [3.05, 3.63) is 48.6 Å². The summed E-state index contributed by atoms with van der Waals surface area (Å²) < 4.78 is 6.51. The standard InChI is InChI=1S/C29H35N5O5S/c35-17-8-3-7-16-33-25-27(37)32(19-34-21-12-6-5-11-20(21)30-31-34)15-10-14-29(25)24(26(33)36)23-22(40-29)13-4-1-2-9-18-39-28(23)38/h4-6,10-14,22-25,35H,1-3,7-9,15-19H2/b13-4-/t22-,23+,24-,25?,29-/m0/s1. The summed E-state index contributed by atoms with van der Waals surface area (Å²) in [6.45, 7) is 1.39. The number of carbonyl (C=O) groups excluding carboxylic acids is 3. The van der Waals surface area contributed by atoms with E-state index in [9.17, 15) is 19.5 Å². The molecule has 5 atom stereocenters. The topological polar surface area (TPSA) is 118 Å². The highest BCUT2D eigenvalue weighted by Gasteiger charge is 2.70. The lowest BCUT2D eigenvalue weighted by Crippen LogP contribution is -2.53. The molecule has 4 aliphatic heterocycles. The summed E-state index contributed by atoms with van der Waals surface area (Å²) in [5.41, 5.74) is 1.58. The second-order valence-electron chi connectivity index (χ2n) is 10.9. The number of fused-ring (bicyclic) bond motifs is 3. The highest BCUT2D eigenvalue weighted by Crippen LogP contribution is 2.60. The Labute approximate surface area is 237 Å². The van der Waals surface area contributed by atoms with Crippen LogP contribution in [0.25, 0.3) is 11.0 Å². The molecule has 2 amide bonds. The van der Waals surface area contributed by atoms with Gasteiger partial charge in [-0.1, -0.05) is 41.7 Å². The van der Waals surface area contributed by atoms with Crippen LogP contribution in [0.1, 0.15) is 38.5 Å². The minimum atomic E-state index is -0.878. The van der Waals surface area contributed by atoms with E-state index in [0.29, 0.717) is 32.5 Å². The van der Waals surface area contributed by atoms with E-state index < -0.39 is 22.6 Å². The number of hydrogen-bond donors (Lipinski definition) is 1. The molecule has 1 unspecified atom stereocenters. The second kappa shape index (κ2) is 11.4. The Morgan fingerprint density at radius 1 is 1.07 bits per heavy atom. The molecule has 1 spiro atoms. The Balaban J connectivity index is 1.37. The molecule has 2 saturated heterocycles. The number of cyclic esters (lactones) is 1. The predicted molar refractivity (Wildman–Crippen MR) is 150 cm³/mol. The number of para-hydroxylation sites is 1. The van der Waals surface area contributed by atoms with Crippen LogP contribution in [-0.4, -0.2) is 90.0 Å². The van der Waals surface area contributed by atoms with Crippen molar-refractivity contribution < 1.29 is 24.2 Å². The van der Waals surface area contributed by atoms with Gasteiger partial charge in [0.1, 0.15) is 18.2 Å². The van der Waals surface area contributed by atoms with E-state index >= 15 is 0 Å². The molecule has 5 heterocycles. The third-order valence-electron chi connectivity index (χ3n) is 8.47. The molecule has 11 heteroatoms. The van der Waals surface area contributed by atoms with E-state index in [4.69, 9.17) is 4.74 Å². The number of unbranched alkanes of at least 4 members (excludes halogenated alkanes) is 2. The van der Waals surface area contributed by atoms with Crippen molar-refractivity contribution >= 4 is 40.6 Å². The minimum absolute atomic E-state index is 0.0863. The number of aliphatic hydroxyl groups excluding tert-OH is 1. The molecule has 1 aromatic carbocycles. The zero-order valence-corrected chi connectivity index (χ0v) is 23.2. The quantitative estimate of drug-likeness (QED) is 0.309. The SMILES string of the molecule is O=C1OCCCC/C=C\[C@@H]2S[C@]34C=CCN(Cn5nnc6ccccc65)C(=O)C3N(CCCCCO)C(=O)[C@@H]4[C@H]12. The first kappa shape index (κ1) is 27.0. The highest BCUT2D eigenvalue weighted by molar-refractivity contribution is 8.02. The van der Waals surface area contributed by atoms with E-state index in [0.717, 1.165) is 36.7 Å². The van der Waals surface area contributed by atoms with Crippen molar-refractivity contribution in [1.29, 1.82) is 0 Å². The maximum absolute atomic E-state index is 14.4. The largest absolute Gasteiger partial charge is 0.465 e. The van der Waals surface area contributed by atoms with Gasteiger partial charge >= 0.3 is 5.97 Å². The zero-order chi connectivity index (χ0) is 27.7. The van der Waals surface area contributed by atoms with E-state index in [1.165, 1.54) is 0 Å². The number of allylic oxidation sites excluding steroid dienone is 1. The summed E-state index contributed by atoms with van der Waals surface area (Å²) in [7, 11) is 0. The van der Waals surface area contributed by atoms with E-state index in [2.05, 4.69) is 16.4 Å². The number of carbonyl (C=O) groups is 3. The molecule has 2 fully saturated rings. The summed E-state index contributed by atoms with van der Waals surface area (Å²) in [6.07, 6.45) is 12.8. The van der Waals surface area contributed by atoms with Gasteiger partial charge in [-0.05, 0) is 50.7 Å². The van der Waals surface area contributed by atoms with Gasteiger partial charge in [-0.3, -0.25) is 14.4 Å². The summed E-state index contributed by atoms with van der Waals surface area (Å²) in [5, 5.41) is 17.5. The summed E-state index contributed by atoms with van der Waals surface area (Å²) >= 11 is 1.56. The molecule has 10 nitrogen and oxygen atoms in total. The van der Waals surface area contributed by atoms with Gasteiger partial charge in [0.15, 0.2) is 0 Å². The van der Waals surface area contributed by atoms with Crippen LogP contribution in [0, 0.1) is 11.8 Å². The average Bonchev–Trinajstić information content (AvgIpc) is 3.55. The van der Waals surface area contributed by atoms with Crippen molar-refractivity contribution in [2.75, 3.05) is 26.3 Å². The normalized spacial score (nSPS) is 31.1. The van der Waals surface area contributed by atoms with Gasteiger partial charge in [0.2, 0.25) is 11.8 Å². The number of aliphatic hydroxyl groups is 1. The first-order valence-electron chi connectivity index (χ1n) is 14.2. The third-order valence-corrected chi connectivity index (χ3v) is 10.2. The van der Waals surface area contributed by atoms with E-state index in [-0.39, 0.29) is 36.3 Å². The number of benzene rings is 1. The molecule has 2 aromatic rings. The molecular formula is C29H35N5O5S. The highest BCUT2D eigenvalue weighted by atomic mass is 32.2. The number of thioether (sulfide) groups is 1. The Morgan fingerprint density at radius 2 is 1.95 bits per heavy atom. The lowest BCUT2D eigenvalue weighted by Gasteiger charge is -2.35. The van der Waals surface area contributed by atoms with Gasteiger partial charge in [0.25, 0.3) is 0 Å². The monoisotopic (exact) mass is 565 g/mol. The number of esters is 1. The third kappa shape index (κ3) is 4.62. The molecule has 1 aromatic heterocycles. The lowest BCUT2D eigenvalue weighted by atomic mass is 9.78. The van der Waals surface area contributed by atoms with Crippen LogP contribution in [0.4, 0.5) is 0 Å². The van der Waals surface area contributed by atoms with Crippen LogP contribution in [0.2, 0.25) is 0 Å². The van der Waals surface area contributed by atoms with Crippen LogP contribution >= 0.6 is 11.8 Å². The van der Waals surface area contributed by atoms with Crippen LogP contribution in [0.5, 0.6) is 0 Å². The first-order chi connectivity index (χ1) is 19.5. The molecule has 0 radical (unpaired) electrons. The van der Waals surface area contributed by atoms with Gasteiger partial charge in [-0.25, -0.2) is 4.68 Å². The number of nitrogens with zero attached hydrogens (tertiary/aromatic N) is 5. The predicted octanol–water partition coefficient (Wildman–Crippen LogP) is 2.53. The molecule has 0 saturated carbocycles. The van der Waals surface area contributed by atoms with Crippen LogP contribution in [0.15, 0.2) is 48.6 Å². The van der Waals surface area contributed by atoms with Crippen molar-refractivity contribution in [3.8, 4) is 0 Å². The minimum Gasteiger partial charge on any atom is -0.465 e. The molecule has 40 heavy (non-hydrogen) atoms. The molecule has 0 aliphatic carbocycles. The number of amides is 2. The Kier molecular flexibility index (Phi) is 7.67. The van der Waals surface area contributed by atoms with Crippen molar-refractivity contribution in [2.24, 2.45) is 11.8 Å². The van der Waals surface area contributed by atoms with Gasteiger partial charge in [-0.2, -0.15) is 0 Å². The Morgan fingerprint density at radius 3 is 2.83 bits per heavy atom.